The number of hydrogen-bond acceptors (Lipinski definition) is 0. The number of nitrogens with zero attached hydrogens (tertiary/aromatic N) is 2. The van der Waals surface area contributed by atoms with E-state index in [4.69, 9.17) is 0 Å². The van der Waals surface area contributed by atoms with Crippen molar-refractivity contribution in [1.82, 2.24) is 9.13 Å². The van der Waals surface area contributed by atoms with Crippen LogP contribution in [0.3, 0.4) is 0 Å². The van der Waals surface area contributed by atoms with Gasteiger partial charge in [0.05, 0.1) is 27.5 Å². The number of para-hydroxylation sites is 2. The van der Waals surface area contributed by atoms with Crippen LogP contribution in [0, 0.1) is 0 Å². The summed E-state index contributed by atoms with van der Waals surface area (Å²) in [5.74, 6) is 0. The molecule has 0 N–H and O–H groups in total. The summed E-state index contributed by atoms with van der Waals surface area (Å²) in [6.45, 7) is 0. The molecule has 2 heteroatoms. The lowest BCUT2D eigenvalue weighted by Gasteiger charge is -2.37. The average molecular weight is 853 g/mol. The summed E-state index contributed by atoms with van der Waals surface area (Å²) in [7, 11) is 0. The van der Waals surface area contributed by atoms with E-state index < -0.39 is 5.41 Å². The Kier molecular flexibility index (Phi) is 9.11. The quantitative estimate of drug-likeness (QED) is 0.135. The largest absolute Gasteiger partial charge is 0.309 e. The molecule has 0 aliphatic rings. The zero-order chi connectivity index (χ0) is 44.3. The molecule has 0 spiro atoms. The highest BCUT2D eigenvalue weighted by molar-refractivity contribution is 6.12. The number of hydrogen-bond donors (Lipinski definition) is 0. The van der Waals surface area contributed by atoms with Crippen LogP contribution in [-0.4, -0.2) is 9.13 Å². The molecule has 0 fully saturated rings. The van der Waals surface area contributed by atoms with Crippen LogP contribution >= 0.6 is 0 Å². The summed E-state index contributed by atoms with van der Waals surface area (Å²) in [4.78, 5) is 0. The van der Waals surface area contributed by atoms with E-state index in [1.54, 1.807) is 0 Å². The van der Waals surface area contributed by atoms with Crippen molar-refractivity contribution in [2.45, 2.75) is 5.41 Å². The summed E-state index contributed by atoms with van der Waals surface area (Å²) >= 11 is 0. The number of fused-ring (bicyclic) bond motifs is 7. The van der Waals surface area contributed by atoms with Gasteiger partial charge in [-0.1, -0.05) is 206 Å². The van der Waals surface area contributed by atoms with Crippen LogP contribution in [0.4, 0.5) is 0 Å². The van der Waals surface area contributed by atoms with Crippen molar-refractivity contribution in [3.63, 3.8) is 0 Å². The summed E-state index contributed by atoms with van der Waals surface area (Å²) in [5, 5.41) is 7.45. The molecule has 11 aromatic carbocycles. The SMILES string of the molecule is c1ccc(-n2c3ccc(-c4ccc(-c5ccc6c(c5)c5ccccc5n6-c5ccc6ccccc6c5)cc4)cc3c3ccc(C(c4ccccc4)(c4ccccc4)c4ccccc4)cc32)cc1. The van der Waals surface area contributed by atoms with Crippen molar-refractivity contribution in [2.24, 2.45) is 0 Å². The molecule has 0 aliphatic carbocycles. The van der Waals surface area contributed by atoms with Crippen molar-refractivity contribution < 1.29 is 0 Å². The zero-order valence-electron chi connectivity index (χ0n) is 36.8. The Bertz CT molecular complexity index is 3840. The Hall–Kier alpha value is -8.72. The molecule has 2 aromatic heterocycles. The van der Waals surface area contributed by atoms with E-state index >= 15 is 0 Å². The van der Waals surface area contributed by atoms with E-state index in [-0.39, 0.29) is 0 Å². The van der Waals surface area contributed by atoms with Crippen LogP contribution in [0.1, 0.15) is 22.3 Å². The molecule has 13 rings (SSSR count). The molecular weight excluding hydrogens is 809 g/mol. The zero-order valence-corrected chi connectivity index (χ0v) is 36.8. The number of aromatic nitrogens is 2. The van der Waals surface area contributed by atoms with Gasteiger partial charge in [0.2, 0.25) is 0 Å². The highest BCUT2D eigenvalue weighted by Crippen LogP contribution is 2.47. The Morgan fingerprint density at radius 3 is 1.25 bits per heavy atom. The minimum Gasteiger partial charge on any atom is -0.309 e. The van der Waals surface area contributed by atoms with Gasteiger partial charge in [0.25, 0.3) is 0 Å². The van der Waals surface area contributed by atoms with E-state index in [0.29, 0.717) is 0 Å². The van der Waals surface area contributed by atoms with Crippen molar-refractivity contribution in [3.05, 3.63) is 289 Å². The third kappa shape index (κ3) is 6.26. The second kappa shape index (κ2) is 15.8. The fraction of sp³-hybridized carbons (Fsp3) is 0.0154. The third-order valence-electron chi connectivity index (χ3n) is 14.0. The Morgan fingerprint density at radius 2 is 0.672 bits per heavy atom. The van der Waals surface area contributed by atoms with Gasteiger partial charge in [0, 0.05) is 32.9 Å². The van der Waals surface area contributed by atoms with Gasteiger partial charge in [-0.25, -0.2) is 0 Å². The maximum absolute atomic E-state index is 2.44. The van der Waals surface area contributed by atoms with Gasteiger partial charge in [-0.3, -0.25) is 0 Å². The minimum atomic E-state index is -0.554. The predicted molar refractivity (Wildman–Crippen MR) is 282 cm³/mol. The lowest BCUT2D eigenvalue weighted by molar-refractivity contribution is 0.746. The monoisotopic (exact) mass is 852 g/mol. The molecule has 314 valence electrons. The van der Waals surface area contributed by atoms with Crippen LogP contribution in [0.2, 0.25) is 0 Å². The average Bonchev–Trinajstić information content (AvgIpc) is 3.92. The fourth-order valence-corrected chi connectivity index (χ4v) is 11.0. The van der Waals surface area contributed by atoms with Gasteiger partial charge in [-0.15, -0.1) is 0 Å². The lowest BCUT2D eigenvalue weighted by atomic mass is 9.65. The van der Waals surface area contributed by atoms with E-state index in [0.717, 1.165) is 5.69 Å². The highest BCUT2D eigenvalue weighted by Gasteiger charge is 2.38. The first kappa shape index (κ1) is 38.7. The molecule has 0 unspecified atom stereocenters. The van der Waals surface area contributed by atoms with E-state index in [2.05, 4.69) is 276 Å². The lowest BCUT2D eigenvalue weighted by Crippen LogP contribution is -2.31. The summed E-state index contributed by atoms with van der Waals surface area (Å²) < 4.78 is 4.85. The second-order valence-electron chi connectivity index (χ2n) is 17.7. The van der Waals surface area contributed by atoms with Crippen molar-refractivity contribution in [1.29, 1.82) is 0 Å². The normalized spacial score (nSPS) is 11.9. The molecule has 67 heavy (non-hydrogen) atoms. The summed E-state index contributed by atoms with van der Waals surface area (Å²) in [5.41, 5.74) is 16.2. The molecule has 0 saturated heterocycles. The molecule has 0 aliphatic heterocycles. The first-order valence-corrected chi connectivity index (χ1v) is 23.2. The fourth-order valence-electron chi connectivity index (χ4n) is 11.0. The number of rotatable bonds is 8. The first-order valence-electron chi connectivity index (χ1n) is 23.2. The van der Waals surface area contributed by atoms with E-state index in [1.165, 1.54) is 105 Å². The molecule has 0 saturated carbocycles. The van der Waals surface area contributed by atoms with Gasteiger partial charge >= 0.3 is 0 Å². The molecule has 13 aromatic rings. The first-order chi connectivity index (χ1) is 33.2. The molecule has 0 amide bonds. The van der Waals surface area contributed by atoms with Crippen LogP contribution in [0.25, 0.3) is 88.0 Å². The Labute approximate surface area is 389 Å². The van der Waals surface area contributed by atoms with Crippen LogP contribution < -0.4 is 0 Å². The summed E-state index contributed by atoms with van der Waals surface area (Å²) in [6.07, 6.45) is 0. The predicted octanol–water partition coefficient (Wildman–Crippen LogP) is 16.8. The van der Waals surface area contributed by atoms with E-state index in [1.807, 2.05) is 0 Å². The maximum Gasteiger partial charge on any atom is 0.0702 e. The molecule has 2 nitrogen and oxygen atoms in total. The maximum atomic E-state index is 2.44. The van der Waals surface area contributed by atoms with Crippen LogP contribution in [-0.2, 0) is 5.41 Å². The van der Waals surface area contributed by atoms with Crippen LogP contribution in [0.15, 0.2) is 267 Å². The van der Waals surface area contributed by atoms with Gasteiger partial charge < -0.3 is 9.13 Å². The van der Waals surface area contributed by atoms with Crippen molar-refractivity contribution >= 4 is 54.4 Å². The van der Waals surface area contributed by atoms with Crippen molar-refractivity contribution in [3.8, 4) is 33.6 Å². The van der Waals surface area contributed by atoms with Crippen molar-refractivity contribution in [2.75, 3.05) is 0 Å². The van der Waals surface area contributed by atoms with Gasteiger partial charge in [0.1, 0.15) is 0 Å². The molecule has 0 bridgehead atoms. The standard InChI is InChI=1S/C65H44N2/c1-5-19-51(20-6-1)65(52-21-7-2-8-22-52,53-23-9-3-10-24-53)54-36-38-58-60-43-50(34-39-62(60)66(64(58)44-54)55-25-11-4-12-26-55)47-31-29-46(30-32-47)49-35-40-63-59(42-49)57-27-15-16-28-61(57)67(63)56-37-33-45-17-13-14-18-48(45)41-56/h1-44H. The highest BCUT2D eigenvalue weighted by atomic mass is 15.0. The van der Waals surface area contributed by atoms with Gasteiger partial charge in [-0.2, -0.15) is 0 Å². The smallest absolute Gasteiger partial charge is 0.0702 e. The van der Waals surface area contributed by atoms with E-state index in [9.17, 15) is 0 Å². The Balaban J connectivity index is 0.929. The molecule has 0 atom stereocenters. The molecule has 2 heterocycles. The minimum absolute atomic E-state index is 0.554. The number of benzene rings is 11. The third-order valence-corrected chi connectivity index (χ3v) is 14.0. The second-order valence-corrected chi connectivity index (χ2v) is 17.7. The van der Waals surface area contributed by atoms with Gasteiger partial charge in [0.15, 0.2) is 0 Å². The summed E-state index contributed by atoms with van der Waals surface area (Å²) in [6, 6.07) is 98.1. The molecule has 0 radical (unpaired) electrons. The Morgan fingerprint density at radius 1 is 0.224 bits per heavy atom. The molecular formula is C65H44N2. The van der Waals surface area contributed by atoms with Crippen LogP contribution in [0.5, 0.6) is 0 Å². The topological polar surface area (TPSA) is 9.86 Å². The van der Waals surface area contributed by atoms with Gasteiger partial charge in [-0.05, 0) is 116 Å².